The number of carbonyl (C=O) groups is 1. The summed E-state index contributed by atoms with van der Waals surface area (Å²) in [5.74, 6) is -1.55. The average molecular weight is 288 g/mol. The van der Waals surface area contributed by atoms with Gasteiger partial charge in [0.05, 0.1) is 6.61 Å². The van der Waals surface area contributed by atoms with E-state index in [1.54, 1.807) is 13.0 Å². The number of esters is 1. The molecule has 0 spiro atoms. The number of nitro groups is 1. The largest absolute Gasteiger partial charge is 0.465 e. The summed E-state index contributed by atoms with van der Waals surface area (Å²) >= 11 is 0. The van der Waals surface area contributed by atoms with Crippen molar-refractivity contribution in [2.45, 2.75) is 12.8 Å². The molecule has 0 saturated heterocycles. The molecule has 6 heteroatoms. The van der Waals surface area contributed by atoms with Crippen LogP contribution in [0, 0.1) is 10.1 Å². The molecule has 2 aromatic rings. The van der Waals surface area contributed by atoms with E-state index in [-0.39, 0.29) is 6.61 Å². The third-order valence-electron chi connectivity index (χ3n) is 3.23. The minimum Gasteiger partial charge on any atom is -0.465 e. The summed E-state index contributed by atoms with van der Waals surface area (Å²) in [6.45, 7) is 5.04. The minimum atomic E-state index is -0.955. The molecule has 0 saturated carbocycles. The summed E-state index contributed by atoms with van der Waals surface area (Å²) in [4.78, 5) is 25.6. The van der Waals surface area contributed by atoms with Gasteiger partial charge >= 0.3 is 5.97 Å². The number of aromatic amines is 1. The Bertz CT molecular complexity index is 690. The zero-order valence-corrected chi connectivity index (χ0v) is 11.7. The molecule has 1 atom stereocenters. The Morgan fingerprint density at radius 1 is 1.52 bits per heavy atom. The highest BCUT2D eigenvalue weighted by atomic mass is 16.6. The Kier molecular flexibility index (Phi) is 4.37. The van der Waals surface area contributed by atoms with Crippen LogP contribution in [0.15, 0.2) is 30.8 Å². The van der Waals surface area contributed by atoms with Gasteiger partial charge in [0, 0.05) is 27.1 Å². The lowest BCUT2D eigenvalue weighted by Crippen LogP contribution is -2.24. The summed E-state index contributed by atoms with van der Waals surface area (Å²) < 4.78 is 4.99. The number of fused-ring (bicyclic) bond motifs is 1. The van der Waals surface area contributed by atoms with Crippen LogP contribution in [-0.2, 0) is 9.53 Å². The Morgan fingerprint density at radius 2 is 2.24 bits per heavy atom. The maximum absolute atomic E-state index is 12.1. The number of rotatable bonds is 6. The fourth-order valence-corrected chi connectivity index (χ4v) is 2.40. The lowest BCUT2D eigenvalue weighted by molar-refractivity contribution is -0.481. The molecule has 0 aliphatic carbocycles. The van der Waals surface area contributed by atoms with E-state index in [2.05, 4.69) is 11.6 Å². The second-order valence-corrected chi connectivity index (χ2v) is 4.52. The number of carbonyl (C=O) groups excluding carboxylic acids is 1. The van der Waals surface area contributed by atoms with Crippen LogP contribution in [0.4, 0.5) is 0 Å². The SMILES string of the molecule is C=Cc1[nH]c2ccccc2c1C(C[N+](=O)[O-])C(=O)OCC. The Hall–Kier alpha value is -2.63. The number of hydrogen-bond acceptors (Lipinski definition) is 4. The number of nitrogens with one attached hydrogen (secondary N) is 1. The zero-order valence-electron chi connectivity index (χ0n) is 11.7. The predicted molar refractivity (Wildman–Crippen MR) is 79.6 cm³/mol. The maximum Gasteiger partial charge on any atom is 0.320 e. The third-order valence-corrected chi connectivity index (χ3v) is 3.23. The predicted octanol–water partition coefficient (Wildman–Crippen LogP) is 2.73. The van der Waals surface area contributed by atoms with E-state index in [1.165, 1.54) is 0 Å². The smallest absolute Gasteiger partial charge is 0.320 e. The van der Waals surface area contributed by atoms with E-state index < -0.39 is 23.4 Å². The van der Waals surface area contributed by atoms with Crippen molar-refractivity contribution in [3.05, 3.63) is 52.2 Å². The van der Waals surface area contributed by atoms with E-state index in [4.69, 9.17) is 4.74 Å². The molecule has 0 amide bonds. The van der Waals surface area contributed by atoms with Crippen LogP contribution in [0.2, 0.25) is 0 Å². The molecule has 6 nitrogen and oxygen atoms in total. The van der Waals surface area contributed by atoms with Crippen LogP contribution in [-0.4, -0.2) is 29.0 Å². The van der Waals surface area contributed by atoms with E-state index in [1.807, 2.05) is 24.3 Å². The van der Waals surface area contributed by atoms with Gasteiger partial charge in [0.25, 0.3) is 0 Å². The second-order valence-electron chi connectivity index (χ2n) is 4.52. The maximum atomic E-state index is 12.1. The van der Waals surface area contributed by atoms with Crippen molar-refractivity contribution in [2.75, 3.05) is 13.2 Å². The van der Waals surface area contributed by atoms with Crippen LogP contribution < -0.4 is 0 Å². The Labute approximate surface area is 121 Å². The Balaban J connectivity index is 2.59. The molecular weight excluding hydrogens is 272 g/mol. The molecule has 2 rings (SSSR count). The lowest BCUT2D eigenvalue weighted by atomic mass is 9.95. The molecule has 21 heavy (non-hydrogen) atoms. The van der Waals surface area contributed by atoms with Crippen molar-refractivity contribution in [3.8, 4) is 0 Å². The molecule has 110 valence electrons. The van der Waals surface area contributed by atoms with Crippen molar-refractivity contribution >= 4 is 22.9 Å². The molecule has 1 aromatic carbocycles. The van der Waals surface area contributed by atoms with Gasteiger partial charge in [0.1, 0.15) is 5.92 Å². The topological polar surface area (TPSA) is 85.2 Å². The van der Waals surface area contributed by atoms with Gasteiger partial charge in [0.15, 0.2) is 0 Å². The molecule has 0 aliphatic heterocycles. The zero-order chi connectivity index (χ0) is 15.4. The van der Waals surface area contributed by atoms with Crippen LogP contribution in [0.5, 0.6) is 0 Å². The van der Waals surface area contributed by atoms with Gasteiger partial charge < -0.3 is 9.72 Å². The molecule has 1 aromatic heterocycles. The first-order valence-electron chi connectivity index (χ1n) is 6.60. The van der Waals surface area contributed by atoms with Crippen LogP contribution in [0.25, 0.3) is 17.0 Å². The van der Waals surface area contributed by atoms with E-state index in [0.29, 0.717) is 11.3 Å². The van der Waals surface area contributed by atoms with Crippen molar-refractivity contribution in [3.63, 3.8) is 0 Å². The van der Waals surface area contributed by atoms with Gasteiger partial charge in [-0.05, 0) is 19.1 Å². The number of benzene rings is 1. The van der Waals surface area contributed by atoms with Crippen molar-refractivity contribution in [2.24, 2.45) is 0 Å². The van der Waals surface area contributed by atoms with Gasteiger partial charge in [-0.1, -0.05) is 24.8 Å². The molecule has 1 unspecified atom stereocenters. The van der Waals surface area contributed by atoms with E-state index in [0.717, 1.165) is 10.9 Å². The van der Waals surface area contributed by atoms with Crippen LogP contribution in [0.1, 0.15) is 24.1 Å². The second kappa shape index (κ2) is 6.21. The fraction of sp³-hybridized carbons (Fsp3) is 0.267. The number of para-hydroxylation sites is 1. The fourth-order valence-electron chi connectivity index (χ4n) is 2.40. The highest BCUT2D eigenvalue weighted by molar-refractivity contribution is 5.93. The molecule has 0 bridgehead atoms. The number of ether oxygens (including phenoxy) is 1. The Morgan fingerprint density at radius 3 is 2.86 bits per heavy atom. The molecular formula is C15H16N2O4. The number of nitrogens with zero attached hydrogens (tertiary/aromatic N) is 1. The summed E-state index contributed by atoms with van der Waals surface area (Å²) in [5.41, 5.74) is 1.98. The molecule has 0 fully saturated rings. The molecule has 0 aliphatic rings. The average Bonchev–Trinajstić information content (AvgIpc) is 2.83. The van der Waals surface area contributed by atoms with Gasteiger partial charge in [-0.15, -0.1) is 0 Å². The third kappa shape index (κ3) is 2.94. The van der Waals surface area contributed by atoms with Crippen molar-refractivity contribution in [1.82, 2.24) is 4.98 Å². The van der Waals surface area contributed by atoms with Crippen LogP contribution in [0.3, 0.4) is 0 Å². The van der Waals surface area contributed by atoms with Gasteiger partial charge in [-0.2, -0.15) is 0 Å². The molecule has 1 heterocycles. The van der Waals surface area contributed by atoms with Crippen molar-refractivity contribution < 1.29 is 14.5 Å². The van der Waals surface area contributed by atoms with E-state index in [9.17, 15) is 14.9 Å². The first kappa shape index (κ1) is 14.8. The molecule has 0 radical (unpaired) electrons. The van der Waals surface area contributed by atoms with Crippen molar-refractivity contribution in [1.29, 1.82) is 0 Å². The first-order chi connectivity index (χ1) is 10.1. The monoisotopic (exact) mass is 288 g/mol. The number of aromatic nitrogens is 1. The molecule has 1 N–H and O–H groups in total. The minimum absolute atomic E-state index is 0.179. The highest BCUT2D eigenvalue weighted by Crippen LogP contribution is 2.31. The summed E-state index contributed by atoms with van der Waals surface area (Å²) in [5, 5.41) is 11.7. The lowest BCUT2D eigenvalue weighted by Gasteiger charge is -2.12. The first-order valence-corrected chi connectivity index (χ1v) is 6.60. The van der Waals surface area contributed by atoms with Gasteiger partial charge in [-0.25, -0.2) is 0 Å². The van der Waals surface area contributed by atoms with E-state index >= 15 is 0 Å². The summed E-state index contributed by atoms with van der Waals surface area (Å²) in [6, 6.07) is 7.34. The standard InChI is InChI=1S/C15H16N2O4/c1-3-12-14(10-7-5-6-8-13(10)16-12)11(9-17(19)20)15(18)21-4-2/h3,5-8,11,16H,1,4,9H2,2H3. The normalized spacial score (nSPS) is 12.0. The van der Waals surface area contributed by atoms with Gasteiger partial charge in [-0.3, -0.25) is 14.9 Å². The quantitative estimate of drug-likeness (QED) is 0.503. The summed E-state index contributed by atoms with van der Waals surface area (Å²) in [6.07, 6.45) is 1.56. The van der Waals surface area contributed by atoms with Crippen LogP contribution >= 0.6 is 0 Å². The number of hydrogen-bond donors (Lipinski definition) is 1. The summed E-state index contributed by atoms with van der Waals surface area (Å²) in [7, 11) is 0. The number of H-pyrrole nitrogens is 1. The highest BCUT2D eigenvalue weighted by Gasteiger charge is 2.31. The van der Waals surface area contributed by atoms with Gasteiger partial charge in [0.2, 0.25) is 6.54 Å².